The third kappa shape index (κ3) is 2.85. The molecule has 1 atom stereocenters. The third-order valence-electron chi connectivity index (χ3n) is 2.01. The Labute approximate surface area is 87.8 Å². The number of hydrogen-bond acceptors (Lipinski definition) is 3. The van der Waals surface area contributed by atoms with E-state index in [2.05, 4.69) is 11.8 Å². The SMILES string of the molecule is C(#Cc1cccs1)COC1CCOC1. The van der Waals surface area contributed by atoms with Crippen LogP contribution in [0, 0.1) is 11.8 Å². The molecule has 1 saturated heterocycles. The molecule has 0 aromatic carbocycles. The zero-order chi connectivity index (χ0) is 9.64. The molecule has 0 N–H and O–H groups in total. The molecule has 1 unspecified atom stereocenters. The van der Waals surface area contributed by atoms with Gasteiger partial charge in [-0.1, -0.05) is 17.9 Å². The van der Waals surface area contributed by atoms with Crippen molar-refractivity contribution in [3.05, 3.63) is 22.4 Å². The highest BCUT2D eigenvalue weighted by atomic mass is 32.1. The maximum Gasteiger partial charge on any atom is 0.108 e. The Hall–Kier alpha value is -0.820. The molecule has 2 rings (SSSR count). The van der Waals surface area contributed by atoms with Crippen LogP contribution in [-0.4, -0.2) is 25.9 Å². The van der Waals surface area contributed by atoms with Crippen LogP contribution in [0.5, 0.6) is 0 Å². The van der Waals surface area contributed by atoms with Crippen molar-refractivity contribution in [2.24, 2.45) is 0 Å². The minimum absolute atomic E-state index is 0.257. The summed E-state index contributed by atoms with van der Waals surface area (Å²) in [5, 5.41) is 2.02. The van der Waals surface area contributed by atoms with Crippen LogP contribution in [0.2, 0.25) is 0 Å². The highest BCUT2D eigenvalue weighted by molar-refractivity contribution is 7.10. The van der Waals surface area contributed by atoms with Crippen molar-refractivity contribution in [2.75, 3.05) is 19.8 Å². The molecule has 1 aromatic rings. The van der Waals surface area contributed by atoms with Gasteiger partial charge in [-0.2, -0.15) is 0 Å². The van der Waals surface area contributed by atoms with Crippen LogP contribution >= 0.6 is 11.3 Å². The van der Waals surface area contributed by atoms with Gasteiger partial charge in [0.05, 0.1) is 17.6 Å². The predicted octanol–water partition coefficient (Wildman–Crippen LogP) is 1.91. The van der Waals surface area contributed by atoms with Gasteiger partial charge in [-0.05, 0) is 17.9 Å². The molecule has 0 aliphatic carbocycles. The van der Waals surface area contributed by atoms with Gasteiger partial charge in [0, 0.05) is 6.61 Å². The molecule has 0 radical (unpaired) electrons. The fourth-order valence-electron chi connectivity index (χ4n) is 1.28. The monoisotopic (exact) mass is 208 g/mol. The molecular formula is C11H12O2S. The molecule has 1 fully saturated rings. The van der Waals surface area contributed by atoms with Gasteiger partial charge < -0.3 is 9.47 Å². The molecule has 74 valence electrons. The van der Waals surface area contributed by atoms with Crippen LogP contribution in [0.4, 0.5) is 0 Å². The summed E-state index contributed by atoms with van der Waals surface area (Å²) >= 11 is 1.65. The molecule has 3 heteroatoms. The minimum atomic E-state index is 0.257. The van der Waals surface area contributed by atoms with Gasteiger partial charge in [0.2, 0.25) is 0 Å². The van der Waals surface area contributed by atoms with Crippen molar-refractivity contribution < 1.29 is 9.47 Å². The van der Waals surface area contributed by atoms with Gasteiger partial charge >= 0.3 is 0 Å². The lowest BCUT2D eigenvalue weighted by atomic mass is 10.3. The summed E-state index contributed by atoms with van der Waals surface area (Å²) in [4.78, 5) is 1.09. The average molecular weight is 208 g/mol. The smallest absolute Gasteiger partial charge is 0.108 e. The fraction of sp³-hybridized carbons (Fsp3) is 0.455. The Bertz CT molecular complexity index is 315. The van der Waals surface area contributed by atoms with Crippen molar-refractivity contribution >= 4 is 11.3 Å². The normalized spacial score (nSPS) is 20.4. The number of hydrogen-bond donors (Lipinski definition) is 0. The first-order chi connectivity index (χ1) is 6.95. The van der Waals surface area contributed by atoms with Crippen molar-refractivity contribution in [1.29, 1.82) is 0 Å². The Morgan fingerprint density at radius 1 is 1.64 bits per heavy atom. The molecule has 0 spiro atoms. The van der Waals surface area contributed by atoms with Crippen molar-refractivity contribution in [2.45, 2.75) is 12.5 Å². The lowest BCUT2D eigenvalue weighted by molar-refractivity contribution is 0.0631. The molecule has 1 aliphatic rings. The first-order valence-electron chi connectivity index (χ1n) is 4.67. The van der Waals surface area contributed by atoms with E-state index in [0.29, 0.717) is 6.61 Å². The number of ether oxygens (including phenoxy) is 2. The standard InChI is InChI=1S/C11H12O2S/c1(3-11-4-2-8-14-11)6-13-10-5-7-12-9-10/h2,4,8,10H,5-7,9H2. The zero-order valence-corrected chi connectivity index (χ0v) is 8.68. The summed E-state index contributed by atoms with van der Waals surface area (Å²) < 4.78 is 10.7. The second kappa shape index (κ2) is 5.16. The first kappa shape index (κ1) is 9.72. The molecule has 1 aromatic heterocycles. The van der Waals surface area contributed by atoms with E-state index in [4.69, 9.17) is 9.47 Å². The van der Waals surface area contributed by atoms with E-state index < -0.39 is 0 Å². The van der Waals surface area contributed by atoms with Crippen LogP contribution in [-0.2, 0) is 9.47 Å². The lowest BCUT2D eigenvalue weighted by Gasteiger charge is -2.04. The van der Waals surface area contributed by atoms with Crippen LogP contribution in [0.25, 0.3) is 0 Å². The molecule has 0 saturated carbocycles. The lowest BCUT2D eigenvalue weighted by Crippen LogP contribution is -2.12. The van der Waals surface area contributed by atoms with E-state index in [1.165, 1.54) is 0 Å². The number of thiophene rings is 1. The Morgan fingerprint density at radius 2 is 2.64 bits per heavy atom. The van der Waals surface area contributed by atoms with Crippen LogP contribution in [0.15, 0.2) is 17.5 Å². The molecular weight excluding hydrogens is 196 g/mol. The quantitative estimate of drug-likeness (QED) is 0.691. The van der Waals surface area contributed by atoms with Gasteiger partial charge in [0.25, 0.3) is 0 Å². The van der Waals surface area contributed by atoms with Crippen LogP contribution < -0.4 is 0 Å². The van der Waals surface area contributed by atoms with Gasteiger partial charge in [-0.3, -0.25) is 0 Å². The molecule has 14 heavy (non-hydrogen) atoms. The van der Waals surface area contributed by atoms with E-state index in [-0.39, 0.29) is 6.10 Å². The zero-order valence-electron chi connectivity index (χ0n) is 7.86. The summed E-state index contributed by atoms with van der Waals surface area (Å²) in [6, 6.07) is 4.01. The van der Waals surface area contributed by atoms with Gasteiger partial charge in [-0.15, -0.1) is 11.3 Å². The highest BCUT2D eigenvalue weighted by Crippen LogP contribution is 2.08. The van der Waals surface area contributed by atoms with Crippen LogP contribution in [0.3, 0.4) is 0 Å². The van der Waals surface area contributed by atoms with Crippen molar-refractivity contribution in [3.63, 3.8) is 0 Å². The van der Waals surface area contributed by atoms with Crippen molar-refractivity contribution in [1.82, 2.24) is 0 Å². The fourth-order valence-corrected chi connectivity index (χ4v) is 1.87. The highest BCUT2D eigenvalue weighted by Gasteiger charge is 2.14. The summed E-state index contributed by atoms with van der Waals surface area (Å²) in [5.41, 5.74) is 0. The van der Waals surface area contributed by atoms with E-state index in [9.17, 15) is 0 Å². The van der Waals surface area contributed by atoms with E-state index in [0.717, 1.165) is 24.5 Å². The third-order valence-corrected chi connectivity index (χ3v) is 2.80. The second-order valence-corrected chi connectivity index (χ2v) is 4.02. The predicted molar refractivity (Wildman–Crippen MR) is 56.4 cm³/mol. The average Bonchev–Trinajstić information content (AvgIpc) is 2.86. The van der Waals surface area contributed by atoms with Gasteiger partial charge in [0.15, 0.2) is 0 Å². The van der Waals surface area contributed by atoms with Crippen molar-refractivity contribution in [3.8, 4) is 11.8 Å². The Morgan fingerprint density at radius 3 is 3.36 bits per heavy atom. The largest absolute Gasteiger partial charge is 0.379 e. The topological polar surface area (TPSA) is 18.5 Å². The molecule has 0 bridgehead atoms. The Kier molecular flexibility index (Phi) is 3.58. The van der Waals surface area contributed by atoms with E-state index in [1.54, 1.807) is 11.3 Å². The summed E-state index contributed by atoms with van der Waals surface area (Å²) in [7, 11) is 0. The van der Waals surface area contributed by atoms with E-state index in [1.807, 2.05) is 17.5 Å². The van der Waals surface area contributed by atoms with E-state index >= 15 is 0 Å². The first-order valence-corrected chi connectivity index (χ1v) is 5.55. The summed E-state index contributed by atoms with van der Waals surface area (Å²) in [6.45, 7) is 2.05. The summed E-state index contributed by atoms with van der Waals surface area (Å²) in [6.07, 6.45) is 1.26. The maximum absolute atomic E-state index is 5.51. The Balaban J connectivity index is 1.71. The second-order valence-electron chi connectivity index (χ2n) is 3.08. The molecule has 2 heterocycles. The maximum atomic E-state index is 5.51. The van der Waals surface area contributed by atoms with Gasteiger partial charge in [-0.25, -0.2) is 0 Å². The molecule has 2 nitrogen and oxygen atoms in total. The summed E-state index contributed by atoms with van der Waals surface area (Å²) in [5.74, 6) is 6.05. The minimum Gasteiger partial charge on any atom is -0.379 e. The molecule has 0 amide bonds. The van der Waals surface area contributed by atoms with Crippen LogP contribution in [0.1, 0.15) is 11.3 Å². The number of rotatable bonds is 2. The molecule has 1 aliphatic heterocycles. The van der Waals surface area contributed by atoms with Gasteiger partial charge in [0.1, 0.15) is 6.61 Å².